The van der Waals surface area contributed by atoms with Crippen LogP contribution in [0.15, 0.2) is 66.7 Å². The van der Waals surface area contributed by atoms with Crippen LogP contribution in [-0.2, 0) is 9.53 Å². The van der Waals surface area contributed by atoms with Gasteiger partial charge < -0.3 is 4.74 Å². The van der Waals surface area contributed by atoms with Crippen molar-refractivity contribution in [2.45, 2.75) is 59.0 Å². The van der Waals surface area contributed by atoms with Crippen LogP contribution in [-0.4, -0.2) is 11.6 Å². The summed E-state index contributed by atoms with van der Waals surface area (Å²) >= 11 is 0. The number of carbonyl (C=O) groups is 1. The number of nitriles is 1. The number of ether oxygens (including phenoxy) is 1. The molecule has 160 valence electrons. The number of rotatable bonds is 5. The summed E-state index contributed by atoms with van der Waals surface area (Å²) in [5.74, 6) is -0.730. The summed E-state index contributed by atoms with van der Waals surface area (Å²) in [5, 5.41) is 12.5. The molecule has 0 saturated heterocycles. The second-order valence-corrected chi connectivity index (χ2v) is 9.60. The second kappa shape index (κ2) is 8.55. The molecular weight excluding hydrogens is 382 g/mol. The normalized spacial score (nSPS) is 14.6. The Hall–Kier alpha value is -3.12. The Balaban J connectivity index is 2.35. The zero-order chi connectivity index (χ0) is 22.8. The van der Waals surface area contributed by atoms with Crippen molar-refractivity contribution >= 4 is 16.7 Å². The number of nitrogens with zero attached hydrogens (tertiary/aromatic N) is 1. The Morgan fingerprint density at radius 1 is 0.839 bits per heavy atom. The minimum Gasteiger partial charge on any atom is -0.459 e. The van der Waals surface area contributed by atoms with E-state index in [0.29, 0.717) is 0 Å². The van der Waals surface area contributed by atoms with Crippen LogP contribution in [0.4, 0.5) is 0 Å². The fourth-order valence-corrected chi connectivity index (χ4v) is 4.20. The van der Waals surface area contributed by atoms with Crippen LogP contribution in [0.1, 0.15) is 70.1 Å². The Labute approximate surface area is 185 Å². The zero-order valence-corrected chi connectivity index (χ0v) is 19.3. The topological polar surface area (TPSA) is 50.1 Å². The molecule has 0 aliphatic rings. The largest absolute Gasteiger partial charge is 0.459 e. The molecule has 0 N–H and O–H groups in total. The fourth-order valence-electron chi connectivity index (χ4n) is 4.20. The Morgan fingerprint density at radius 3 is 2.00 bits per heavy atom. The van der Waals surface area contributed by atoms with Crippen molar-refractivity contribution in [1.29, 1.82) is 5.26 Å². The molecule has 31 heavy (non-hydrogen) atoms. The molecule has 3 heteroatoms. The first kappa shape index (κ1) is 22.6. The first-order chi connectivity index (χ1) is 14.6. The van der Waals surface area contributed by atoms with Crippen molar-refractivity contribution in [2.24, 2.45) is 5.41 Å². The predicted octanol–water partition coefficient (Wildman–Crippen LogP) is 6.97. The van der Waals surface area contributed by atoms with E-state index in [0.717, 1.165) is 27.5 Å². The van der Waals surface area contributed by atoms with Crippen molar-refractivity contribution < 1.29 is 9.53 Å². The molecule has 2 atom stereocenters. The van der Waals surface area contributed by atoms with Crippen molar-refractivity contribution in [3.8, 4) is 6.07 Å². The maximum absolute atomic E-state index is 13.5. The maximum Gasteiger partial charge on any atom is 0.327 e. The van der Waals surface area contributed by atoms with Crippen LogP contribution in [0.3, 0.4) is 0 Å². The third-order valence-electron chi connectivity index (χ3n) is 5.70. The molecule has 0 bridgehead atoms. The van der Waals surface area contributed by atoms with E-state index in [9.17, 15) is 10.1 Å². The average molecular weight is 414 g/mol. The molecular formula is C28H31NO2. The summed E-state index contributed by atoms with van der Waals surface area (Å²) < 4.78 is 5.77. The molecule has 0 fully saturated rings. The van der Waals surface area contributed by atoms with Crippen LogP contribution < -0.4 is 0 Å². The fraction of sp³-hybridized carbons (Fsp3) is 0.357. The van der Waals surface area contributed by atoms with Gasteiger partial charge in [-0.05, 0) is 61.1 Å². The highest BCUT2D eigenvalue weighted by atomic mass is 16.6. The third kappa shape index (κ3) is 4.49. The Bertz CT molecular complexity index is 1130. The van der Waals surface area contributed by atoms with Crippen molar-refractivity contribution in [3.63, 3.8) is 0 Å². The van der Waals surface area contributed by atoms with Crippen LogP contribution >= 0.6 is 0 Å². The summed E-state index contributed by atoms with van der Waals surface area (Å²) in [6, 6.07) is 24.7. The summed E-state index contributed by atoms with van der Waals surface area (Å²) in [5.41, 5.74) is 0.994. The van der Waals surface area contributed by atoms with Crippen LogP contribution in [0, 0.1) is 16.7 Å². The lowest BCUT2D eigenvalue weighted by atomic mass is 9.68. The van der Waals surface area contributed by atoms with Crippen molar-refractivity contribution in [1.82, 2.24) is 0 Å². The summed E-state index contributed by atoms with van der Waals surface area (Å²) in [7, 11) is 0. The lowest BCUT2D eigenvalue weighted by molar-refractivity contribution is -0.164. The van der Waals surface area contributed by atoms with E-state index in [2.05, 4.69) is 44.2 Å². The summed E-state index contributed by atoms with van der Waals surface area (Å²) in [6.45, 7) is 11.5. The van der Waals surface area contributed by atoms with Gasteiger partial charge in [0.15, 0.2) is 5.41 Å². The molecule has 0 aromatic heterocycles. The quantitative estimate of drug-likeness (QED) is 0.425. The van der Waals surface area contributed by atoms with Gasteiger partial charge >= 0.3 is 5.97 Å². The van der Waals surface area contributed by atoms with Gasteiger partial charge in [0.05, 0.1) is 6.07 Å². The van der Waals surface area contributed by atoms with Crippen molar-refractivity contribution in [3.05, 3.63) is 83.4 Å². The third-order valence-corrected chi connectivity index (χ3v) is 5.70. The number of hydrogen-bond acceptors (Lipinski definition) is 3. The second-order valence-electron chi connectivity index (χ2n) is 9.60. The van der Waals surface area contributed by atoms with Gasteiger partial charge in [-0.25, -0.2) is 0 Å². The van der Waals surface area contributed by atoms with Crippen LogP contribution in [0.25, 0.3) is 10.8 Å². The lowest BCUT2D eigenvalue weighted by Crippen LogP contribution is -2.40. The summed E-state index contributed by atoms with van der Waals surface area (Å²) in [4.78, 5) is 13.5. The first-order valence-electron chi connectivity index (χ1n) is 10.8. The van der Waals surface area contributed by atoms with E-state index in [1.54, 1.807) is 6.92 Å². The molecule has 0 aliphatic carbocycles. The van der Waals surface area contributed by atoms with Gasteiger partial charge in [-0.3, -0.25) is 4.79 Å². The van der Waals surface area contributed by atoms with Gasteiger partial charge in [0.25, 0.3) is 0 Å². The smallest absolute Gasteiger partial charge is 0.327 e. The SMILES string of the molecule is CC(C)c1ccccc1C(c1cccc2ccccc12)C(C)(C#N)C(=O)OC(C)(C)C. The highest BCUT2D eigenvalue weighted by Gasteiger charge is 2.47. The van der Waals surface area contributed by atoms with Crippen LogP contribution in [0.5, 0.6) is 0 Å². The number of fused-ring (bicyclic) bond motifs is 1. The van der Waals surface area contributed by atoms with Gasteiger partial charge in [-0.1, -0.05) is 80.6 Å². The van der Waals surface area contributed by atoms with E-state index in [1.807, 2.05) is 63.2 Å². The molecule has 0 spiro atoms. The highest BCUT2D eigenvalue weighted by Crippen LogP contribution is 2.46. The summed E-state index contributed by atoms with van der Waals surface area (Å²) in [6.07, 6.45) is 0. The minimum atomic E-state index is -1.40. The Kier molecular flexibility index (Phi) is 6.23. The minimum absolute atomic E-state index is 0.246. The van der Waals surface area contributed by atoms with E-state index in [1.165, 1.54) is 0 Å². The number of carbonyl (C=O) groups excluding carboxylic acids is 1. The number of esters is 1. The zero-order valence-electron chi connectivity index (χ0n) is 19.3. The molecule has 0 aliphatic heterocycles. The molecule has 3 rings (SSSR count). The standard InChI is InChI=1S/C28H31NO2/c1-19(2)21-14-9-10-16-23(21)25(28(6,18-29)26(30)31-27(3,4)5)24-17-11-13-20-12-7-8-15-22(20)24/h7-17,19,25H,1-6H3. The average Bonchev–Trinajstić information content (AvgIpc) is 2.73. The van der Waals surface area contributed by atoms with Gasteiger partial charge in [-0.2, -0.15) is 5.26 Å². The monoisotopic (exact) mass is 413 g/mol. The van der Waals surface area contributed by atoms with Gasteiger partial charge in [0.1, 0.15) is 5.60 Å². The van der Waals surface area contributed by atoms with E-state index < -0.39 is 22.9 Å². The number of benzene rings is 3. The predicted molar refractivity (Wildman–Crippen MR) is 126 cm³/mol. The highest BCUT2D eigenvalue weighted by molar-refractivity contribution is 5.89. The van der Waals surface area contributed by atoms with E-state index in [4.69, 9.17) is 4.74 Å². The molecule has 3 aromatic carbocycles. The lowest BCUT2D eigenvalue weighted by Gasteiger charge is -2.35. The van der Waals surface area contributed by atoms with Crippen LogP contribution in [0.2, 0.25) is 0 Å². The van der Waals surface area contributed by atoms with E-state index >= 15 is 0 Å². The Morgan fingerprint density at radius 2 is 1.39 bits per heavy atom. The number of hydrogen-bond donors (Lipinski definition) is 0. The van der Waals surface area contributed by atoms with Gasteiger partial charge in [0.2, 0.25) is 0 Å². The molecule has 0 saturated carbocycles. The molecule has 0 heterocycles. The molecule has 0 amide bonds. The molecule has 3 aromatic rings. The molecule has 2 unspecified atom stereocenters. The first-order valence-corrected chi connectivity index (χ1v) is 10.8. The molecule has 0 radical (unpaired) electrons. The van der Waals surface area contributed by atoms with Gasteiger partial charge in [0, 0.05) is 5.92 Å². The van der Waals surface area contributed by atoms with E-state index in [-0.39, 0.29) is 5.92 Å². The van der Waals surface area contributed by atoms with Crippen molar-refractivity contribution in [2.75, 3.05) is 0 Å². The van der Waals surface area contributed by atoms with Gasteiger partial charge in [-0.15, -0.1) is 0 Å². The molecule has 3 nitrogen and oxygen atoms in total. The maximum atomic E-state index is 13.5.